The van der Waals surface area contributed by atoms with Crippen molar-refractivity contribution in [2.75, 3.05) is 31.3 Å². The third-order valence-corrected chi connectivity index (χ3v) is 8.42. The number of hydrogen-bond donors (Lipinski definition) is 2. The molecule has 214 valence electrons. The zero-order valence-corrected chi connectivity index (χ0v) is 23.7. The zero-order chi connectivity index (χ0) is 29.4. The van der Waals surface area contributed by atoms with Crippen LogP contribution in [0.2, 0.25) is 0 Å². The molecule has 0 bridgehead atoms. The van der Waals surface area contributed by atoms with Crippen LogP contribution in [-0.2, 0) is 16.4 Å². The summed E-state index contributed by atoms with van der Waals surface area (Å²) in [6, 6.07) is 14.4. The number of halogens is 2. The highest BCUT2D eigenvalue weighted by atomic mass is 32.2. The largest absolute Gasteiger partial charge is 0.350 e. The number of sulfone groups is 1. The SMILES string of the molecule is CNC1CCN(c2cccc(-c3ccc4cnc(CNC(=O)c5ccc(C)c(S(C)(=O)=O)c5)cc4n3)n2)CC1(F)F. The molecular weight excluding hydrogens is 550 g/mol. The molecule has 1 aliphatic rings. The number of carbonyl (C=O) groups is 1. The maximum atomic E-state index is 14.5. The van der Waals surface area contributed by atoms with E-state index in [0.29, 0.717) is 46.9 Å². The minimum absolute atomic E-state index is 0.104. The summed E-state index contributed by atoms with van der Waals surface area (Å²) in [7, 11) is -1.92. The average Bonchev–Trinajstić information content (AvgIpc) is 2.94. The fourth-order valence-corrected chi connectivity index (χ4v) is 5.94. The number of rotatable bonds is 7. The molecule has 0 aliphatic carbocycles. The van der Waals surface area contributed by atoms with Crippen LogP contribution in [-0.4, -0.2) is 67.6 Å². The van der Waals surface area contributed by atoms with Crippen LogP contribution in [0.5, 0.6) is 0 Å². The van der Waals surface area contributed by atoms with E-state index in [-0.39, 0.29) is 17.0 Å². The number of alkyl halides is 2. The van der Waals surface area contributed by atoms with Gasteiger partial charge in [0, 0.05) is 29.9 Å². The van der Waals surface area contributed by atoms with Gasteiger partial charge in [-0.15, -0.1) is 0 Å². The van der Waals surface area contributed by atoms with Gasteiger partial charge in [-0.25, -0.2) is 27.2 Å². The maximum absolute atomic E-state index is 14.5. The van der Waals surface area contributed by atoms with Gasteiger partial charge in [-0.05, 0) is 68.4 Å². The summed E-state index contributed by atoms with van der Waals surface area (Å²) in [6.45, 7) is 1.82. The fourth-order valence-electron chi connectivity index (χ4n) is 4.94. The molecule has 12 heteroatoms. The van der Waals surface area contributed by atoms with Crippen molar-refractivity contribution in [1.29, 1.82) is 0 Å². The monoisotopic (exact) mass is 580 g/mol. The molecule has 4 heterocycles. The molecule has 1 aliphatic heterocycles. The van der Waals surface area contributed by atoms with Gasteiger partial charge in [0.05, 0.1) is 46.6 Å². The van der Waals surface area contributed by atoms with Gasteiger partial charge in [-0.1, -0.05) is 12.1 Å². The second kappa shape index (κ2) is 11.1. The Hall–Kier alpha value is -4.03. The lowest BCUT2D eigenvalue weighted by Crippen LogP contribution is -2.56. The van der Waals surface area contributed by atoms with Crippen molar-refractivity contribution in [3.05, 3.63) is 77.6 Å². The van der Waals surface area contributed by atoms with Gasteiger partial charge in [0.2, 0.25) is 0 Å². The van der Waals surface area contributed by atoms with E-state index in [1.165, 1.54) is 6.07 Å². The molecule has 5 rings (SSSR count). The number of aryl methyl sites for hydroxylation is 1. The number of pyridine rings is 3. The van der Waals surface area contributed by atoms with Crippen LogP contribution in [0.15, 0.2) is 65.7 Å². The molecule has 41 heavy (non-hydrogen) atoms. The van der Waals surface area contributed by atoms with Crippen molar-refractivity contribution in [2.24, 2.45) is 0 Å². The Bertz CT molecular complexity index is 1730. The van der Waals surface area contributed by atoms with Gasteiger partial charge < -0.3 is 15.5 Å². The van der Waals surface area contributed by atoms with Crippen LogP contribution in [0, 0.1) is 6.92 Å². The van der Waals surface area contributed by atoms with E-state index < -0.39 is 34.3 Å². The number of amides is 1. The zero-order valence-electron chi connectivity index (χ0n) is 22.9. The molecule has 1 aromatic carbocycles. The van der Waals surface area contributed by atoms with E-state index in [0.717, 1.165) is 11.6 Å². The number of piperidine rings is 1. The second-order valence-electron chi connectivity index (χ2n) is 10.2. The van der Waals surface area contributed by atoms with E-state index in [9.17, 15) is 22.0 Å². The van der Waals surface area contributed by atoms with E-state index >= 15 is 0 Å². The lowest BCUT2D eigenvalue weighted by Gasteiger charge is -2.38. The Morgan fingerprint density at radius 1 is 1.10 bits per heavy atom. The number of fused-ring (bicyclic) bond motifs is 1. The van der Waals surface area contributed by atoms with Crippen LogP contribution >= 0.6 is 0 Å². The third kappa shape index (κ3) is 6.18. The number of hydrogen-bond acceptors (Lipinski definition) is 8. The van der Waals surface area contributed by atoms with Crippen LogP contribution in [0.3, 0.4) is 0 Å². The van der Waals surface area contributed by atoms with Gasteiger partial charge in [0.25, 0.3) is 11.8 Å². The highest BCUT2D eigenvalue weighted by molar-refractivity contribution is 7.90. The lowest BCUT2D eigenvalue weighted by atomic mass is 10.0. The first kappa shape index (κ1) is 28.5. The first-order chi connectivity index (χ1) is 19.4. The predicted molar refractivity (Wildman–Crippen MR) is 153 cm³/mol. The molecule has 1 amide bonds. The van der Waals surface area contributed by atoms with Gasteiger partial charge in [-0.2, -0.15) is 0 Å². The summed E-state index contributed by atoms with van der Waals surface area (Å²) in [5, 5.41) is 6.26. The molecule has 9 nitrogen and oxygen atoms in total. The molecule has 0 spiro atoms. The molecule has 3 aromatic heterocycles. The molecule has 1 unspecified atom stereocenters. The number of nitrogens with one attached hydrogen (secondary N) is 2. The van der Waals surface area contributed by atoms with Crippen molar-refractivity contribution in [3.8, 4) is 11.4 Å². The Labute approximate surface area is 237 Å². The van der Waals surface area contributed by atoms with Crippen LogP contribution in [0.4, 0.5) is 14.6 Å². The Morgan fingerprint density at radius 3 is 2.61 bits per heavy atom. The van der Waals surface area contributed by atoms with Crippen LogP contribution in [0.25, 0.3) is 22.3 Å². The standard InChI is InChI=1S/C29H30F2N6O3S/c1-18-7-8-19(13-25(18)41(3,39)40)28(38)34-16-21-14-24-20(15-33-21)9-10-23(35-24)22-5-4-6-27(36-22)37-12-11-26(32-2)29(30,31)17-37/h4-10,13-15,26,32H,11-12,16-17H2,1-3H3,(H,34,38). The van der Waals surface area contributed by atoms with E-state index in [1.54, 1.807) is 67.5 Å². The number of aromatic nitrogens is 3. The van der Waals surface area contributed by atoms with E-state index in [4.69, 9.17) is 4.98 Å². The number of nitrogens with zero attached hydrogens (tertiary/aromatic N) is 4. The predicted octanol–water partition coefficient (Wildman–Crippen LogP) is 3.77. The Morgan fingerprint density at radius 2 is 1.88 bits per heavy atom. The summed E-state index contributed by atoms with van der Waals surface area (Å²) in [4.78, 5) is 28.2. The fraction of sp³-hybridized carbons (Fsp3) is 0.310. The molecule has 1 atom stereocenters. The van der Waals surface area contributed by atoms with Crippen LogP contribution < -0.4 is 15.5 Å². The number of anilines is 1. The van der Waals surface area contributed by atoms with Crippen molar-refractivity contribution >= 4 is 32.5 Å². The maximum Gasteiger partial charge on any atom is 0.280 e. The number of carbonyl (C=O) groups excluding carboxylic acids is 1. The molecular formula is C29H30F2N6O3S. The van der Waals surface area contributed by atoms with E-state index in [1.807, 2.05) is 6.07 Å². The van der Waals surface area contributed by atoms with Gasteiger partial charge >= 0.3 is 0 Å². The summed E-state index contributed by atoms with van der Waals surface area (Å²) < 4.78 is 53.1. The Balaban J connectivity index is 1.33. The molecule has 2 N–H and O–H groups in total. The van der Waals surface area contributed by atoms with Crippen molar-refractivity contribution in [1.82, 2.24) is 25.6 Å². The molecule has 0 saturated carbocycles. The topological polar surface area (TPSA) is 117 Å². The first-order valence-corrected chi connectivity index (χ1v) is 15.0. The highest BCUT2D eigenvalue weighted by Crippen LogP contribution is 2.31. The second-order valence-corrected chi connectivity index (χ2v) is 12.2. The summed E-state index contributed by atoms with van der Waals surface area (Å²) in [5.74, 6) is -2.84. The molecule has 0 radical (unpaired) electrons. The van der Waals surface area contributed by atoms with Gasteiger partial charge in [-0.3, -0.25) is 9.78 Å². The first-order valence-electron chi connectivity index (χ1n) is 13.1. The quantitative estimate of drug-likeness (QED) is 0.339. The average molecular weight is 581 g/mol. The minimum atomic E-state index is -3.47. The molecule has 4 aromatic rings. The number of benzene rings is 1. The van der Waals surface area contributed by atoms with E-state index in [2.05, 4.69) is 20.6 Å². The Kier molecular flexibility index (Phi) is 7.71. The highest BCUT2D eigenvalue weighted by Gasteiger charge is 2.44. The summed E-state index contributed by atoms with van der Waals surface area (Å²) in [5.41, 5.74) is 3.11. The van der Waals surface area contributed by atoms with Gasteiger partial charge in [0.1, 0.15) is 5.82 Å². The normalized spacial score (nSPS) is 17.0. The minimum Gasteiger partial charge on any atom is -0.350 e. The molecule has 1 saturated heterocycles. The molecule has 1 fully saturated rings. The lowest BCUT2D eigenvalue weighted by molar-refractivity contribution is -0.0404. The van der Waals surface area contributed by atoms with Crippen molar-refractivity contribution < 1.29 is 22.0 Å². The van der Waals surface area contributed by atoms with Crippen molar-refractivity contribution in [3.63, 3.8) is 0 Å². The smallest absolute Gasteiger partial charge is 0.280 e. The van der Waals surface area contributed by atoms with Crippen LogP contribution in [0.1, 0.15) is 28.0 Å². The third-order valence-electron chi connectivity index (χ3n) is 7.18. The summed E-state index contributed by atoms with van der Waals surface area (Å²) in [6.07, 6.45) is 3.06. The van der Waals surface area contributed by atoms with Gasteiger partial charge in [0.15, 0.2) is 9.84 Å². The van der Waals surface area contributed by atoms with Crippen molar-refractivity contribution in [2.45, 2.75) is 36.7 Å². The summed E-state index contributed by atoms with van der Waals surface area (Å²) >= 11 is 0.